The van der Waals surface area contributed by atoms with Gasteiger partial charge in [-0.3, -0.25) is 14.8 Å². The van der Waals surface area contributed by atoms with Gasteiger partial charge in [-0.1, -0.05) is 0 Å². The van der Waals surface area contributed by atoms with E-state index in [0.29, 0.717) is 19.0 Å². The van der Waals surface area contributed by atoms with Crippen molar-refractivity contribution >= 4 is 5.91 Å². The van der Waals surface area contributed by atoms with E-state index in [4.69, 9.17) is 9.15 Å². The lowest BCUT2D eigenvalue weighted by atomic mass is 10.1. The van der Waals surface area contributed by atoms with Crippen LogP contribution in [0.15, 0.2) is 23.1 Å². The van der Waals surface area contributed by atoms with Crippen LogP contribution in [0.1, 0.15) is 27.2 Å². The summed E-state index contributed by atoms with van der Waals surface area (Å²) in [6, 6.07) is 0. The second-order valence-electron chi connectivity index (χ2n) is 6.05. The predicted molar refractivity (Wildman–Crippen MR) is 81.8 cm³/mol. The van der Waals surface area contributed by atoms with E-state index in [1.165, 1.54) is 5.56 Å². The molecule has 2 aliphatic rings. The largest absolute Gasteiger partial charge is 0.458 e. The van der Waals surface area contributed by atoms with Gasteiger partial charge >= 0.3 is 0 Å². The molecule has 122 valence electrons. The molecule has 2 aliphatic heterocycles. The van der Waals surface area contributed by atoms with Gasteiger partial charge < -0.3 is 14.1 Å². The first-order valence-electron chi connectivity index (χ1n) is 7.97. The van der Waals surface area contributed by atoms with E-state index in [1.54, 1.807) is 6.26 Å². The van der Waals surface area contributed by atoms with Crippen molar-refractivity contribution in [2.24, 2.45) is 0 Å². The Hall–Kier alpha value is -2.12. The molecular formula is C16H20N4O3. The molecule has 0 aliphatic carbocycles. The van der Waals surface area contributed by atoms with Crippen molar-refractivity contribution in [3.05, 3.63) is 41.1 Å². The number of rotatable bonds is 3. The van der Waals surface area contributed by atoms with Crippen LogP contribution in [0.4, 0.5) is 0 Å². The van der Waals surface area contributed by atoms with Gasteiger partial charge in [0.15, 0.2) is 5.76 Å². The summed E-state index contributed by atoms with van der Waals surface area (Å²) in [5, 5.41) is 6.80. The summed E-state index contributed by atoms with van der Waals surface area (Å²) < 4.78 is 10.9. The zero-order valence-electron chi connectivity index (χ0n) is 13.0. The molecule has 2 aromatic heterocycles. The average Bonchev–Trinajstić information content (AvgIpc) is 3.24. The highest BCUT2D eigenvalue weighted by molar-refractivity contribution is 5.93. The smallest absolute Gasteiger partial charge is 0.289 e. The van der Waals surface area contributed by atoms with E-state index in [9.17, 15) is 4.79 Å². The molecule has 1 saturated heterocycles. The van der Waals surface area contributed by atoms with Gasteiger partial charge in [0.05, 0.1) is 25.7 Å². The molecule has 7 nitrogen and oxygen atoms in total. The van der Waals surface area contributed by atoms with Crippen LogP contribution in [0, 0.1) is 0 Å². The predicted octanol–water partition coefficient (Wildman–Crippen LogP) is 1.03. The molecule has 0 atom stereocenters. The summed E-state index contributed by atoms with van der Waals surface area (Å²) in [4.78, 5) is 16.9. The van der Waals surface area contributed by atoms with E-state index in [-0.39, 0.29) is 5.91 Å². The van der Waals surface area contributed by atoms with Crippen molar-refractivity contribution in [2.75, 3.05) is 32.8 Å². The third-order valence-corrected chi connectivity index (χ3v) is 4.55. The van der Waals surface area contributed by atoms with Gasteiger partial charge in [0.1, 0.15) is 0 Å². The van der Waals surface area contributed by atoms with E-state index >= 15 is 0 Å². The first-order valence-corrected chi connectivity index (χ1v) is 7.97. The molecule has 0 bridgehead atoms. The van der Waals surface area contributed by atoms with E-state index in [1.807, 2.05) is 17.3 Å². The number of fused-ring (bicyclic) bond motifs is 1. The van der Waals surface area contributed by atoms with Gasteiger partial charge in [-0.25, -0.2) is 0 Å². The summed E-state index contributed by atoms with van der Waals surface area (Å²) >= 11 is 0. The Kier molecular flexibility index (Phi) is 3.88. The Bertz CT molecular complexity index is 672. The van der Waals surface area contributed by atoms with Crippen molar-refractivity contribution in [2.45, 2.75) is 19.6 Å². The number of aromatic nitrogens is 2. The standard InChI is InChI=1S/C16H20N4O3/c21-16(15-14-1-6-22-10-13(14)11-23-15)20-4-2-19(3-5-20)9-12-7-17-18-8-12/h7-8,11H,1-6,9-10H2,(H,17,18). The zero-order chi connectivity index (χ0) is 15.6. The van der Waals surface area contributed by atoms with Crippen LogP contribution in [-0.2, 0) is 24.3 Å². The second-order valence-corrected chi connectivity index (χ2v) is 6.05. The summed E-state index contributed by atoms with van der Waals surface area (Å²) in [6.07, 6.45) is 6.17. The van der Waals surface area contributed by atoms with Gasteiger partial charge in [-0.2, -0.15) is 5.10 Å². The molecular weight excluding hydrogens is 296 g/mol. The highest BCUT2D eigenvalue weighted by Gasteiger charge is 2.28. The van der Waals surface area contributed by atoms with Crippen LogP contribution in [0.3, 0.4) is 0 Å². The number of amides is 1. The SMILES string of the molecule is O=C(c1occ2c1CCOC2)N1CCN(Cc2cn[nH]c2)CC1. The number of nitrogens with zero attached hydrogens (tertiary/aromatic N) is 3. The fraction of sp³-hybridized carbons (Fsp3) is 0.500. The molecule has 4 heterocycles. The highest BCUT2D eigenvalue weighted by atomic mass is 16.5. The fourth-order valence-corrected chi connectivity index (χ4v) is 3.22. The minimum Gasteiger partial charge on any atom is -0.458 e. The van der Waals surface area contributed by atoms with Crippen LogP contribution < -0.4 is 0 Å². The molecule has 0 aromatic carbocycles. The Morgan fingerprint density at radius 1 is 1.30 bits per heavy atom. The molecule has 0 radical (unpaired) electrons. The van der Waals surface area contributed by atoms with Crippen molar-refractivity contribution < 1.29 is 13.9 Å². The Morgan fingerprint density at radius 3 is 2.96 bits per heavy atom. The van der Waals surface area contributed by atoms with Crippen molar-refractivity contribution in [3.63, 3.8) is 0 Å². The fourth-order valence-electron chi connectivity index (χ4n) is 3.22. The number of furan rings is 1. The number of hydrogen-bond acceptors (Lipinski definition) is 5. The third-order valence-electron chi connectivity index (χ3n) is 4.55. The molecule has 0 saturated carbocycles. The Balaban J connectivity index is 1.38. The maximum absolute atomic E-state index is 12.7. The Morgan fingerprint density at radius 2 is 2.17 bits per heavy atom. The topological polar surface area (TPSA) is 74.6 Å². The van der Waals surface area contributed by atoms with Gasteiger partial charge in [0.2, 0.25) is 0 Å². The molecule has 4 rings (SSSR count). The van der Waals surface area contributed by atoms with Crippen molar-refractivity contribution in [1.82, 2.24) is 20.0 Å². The molecule has 23 heavy (non-hydrogen) atoms. The Labute approximate surface area is 134 Å². The minimum atomic E-state index is 0.0103. The summed E-state index contributed by atoms with van der Waals surface area (Å²) in [7, 11) is 0. The number of ether oxygens (including phenoxy) is 1. The van der Waals surface area contributed by atoms with Crippen molar-refractivity contribution in [1.29, 1.82) is 0 Å². The number of aromatic amines is 1. The van der Waals surface area contributed by atoms with E-state index in [0.717, 1.165) is 50.3 Å². The molecule has 1 amide bonds. The molecule has 2 aromatic rings. The third kappa shape index (κ3) is 2.89. The quantitative estimate of drug-likeness (QED) is 0.915. The lowest BCUT2D eigenvalue weighted by Crippen LogP contribution is -2.48. The number of piperazine rings is 1. The van der Waals surface area contributed by atoms with E-state index < -0.39 is 0 Å². The lowest BCUT2D eigenvalue weighted by Gasteiger charge is -2.34. The maximum atomic E-state index is 12.7. The summed E-state index contributed by atoms with van der Waals surface area (Å²) in [5.41, 5.74) is 3.21. The number of carbonyl (C=O) groups excluding carboxylic acids is 1. The minimum absolute atomic E-state index is 0.0103. The lowest BCUT2D eigenvalue weighted by molar-refractivity contribution is 0.0594. The second kappa shape index (κ2) is 6.17. The summed E-state index contributed by atoms with van der Waals surface area (Å²) in [5.74, 6) is 0.516. The highest BCUT2D eigenvalue weighted by Crippen LogP contribution is 2.24. The van der Waals surface area contributed by atoms with Crippen LogP contribution >= 0.6 is 0 Å². The van der Waals surface area contributed by atoms with Crippen molar-refractivity contribution in [3.8, 4) is 0 Å². The zero-order valence-corrected chi connectivity index (χ0v) is 13.0. The number of nitrogens with one attached hydrogen (secondary N) is 1. The van der Waals surface area contributed by atoms with Gasteiger partial charge in [-0.05, 0) is 0 Å². The van der Waals surface area contributed by atoms with Crippen LogP contribution in [0.25, 0.3) is 0 Å². The molecule has 1 N–H and O–H groups in total. The molecule has 7 heteroatoms. The first kappa shape index (κ1) is 14.5. The van der Waals surface area contributed by atoms with Gasteiger partial charge in [0.25, 0.3) is 5.91 Å². The monoisotopic (exact) mass is 316 g/mol. The molecule has 0 spiro atoms. The first-order chi connectivity index (χ1) is 11.3. The van der Waals surface area contributed by atoms with E-state index in [2.05, 4.69) is 15.1 Å². The summed E-state index contributed by atoms with van der Waals surface area (Å²) in [6.45, 7) is 5.25. The number of hydrogen-bond donors (Lipinski definition) is 1. The molecule has 0 unspecified atom stereocenters. The van der Waals surface area contributed by atoms with Gasteiger partial charge in [-0.15, -0.1) is 0 Å². The number of carbonyl (C=O) groups is 1. The van der Waals surface area contributed by atoms with Crippen LogP contribution in [0.5, 0.6) is 0 Å². The average molecular weight is 316 g/mol. The normalized spacial score (nSPS) is 18.9. The van der Waals surface area contributed by atoms with Crippen LogP contribution in [-0.4, -0.2) is 58.7 Å². The maximum Gasteiger partial charge on any atom is 0.289 e. The van der Waals surface area contributed by atoms with Gasteiger partial charge in [0, 0.05) is 62.0 Å². The molecule has 1 fully saturated rings. The number of H-pyrrole nitrogens is 1. The van der Waals surface area contributed by atoms with Crippen LogP contribution in [0.2, 0.25) is 0 Å².